The molecule has 1 aliphatic carbocycles. The van der Waals surface area contributed by atoms with Gasteiger partial charge in [-0.1, -0.05) is 0 Å². The van der Waals surface area contributed by atoms with Crippen LogP contribution >= 0.6 is 0 Å². The maximum atomic E-state index is 13.4. The lowest BCUT2D eigenvalue weighted by Crippen LogP contribution is -2.50. The highest BCUT2D eigenvalue weighted by Crippen LogP contribution is 2.43. The van der Waals surface area contributed by atoms with Crippen molar-refractivity contribution in [3.63, 3.8) is 0 Å². The van der Waals surface area contributed by atoms with E-state index in [0.717, 1.165) is 68.8 Å². The fourth-order valence-corrected chi connectivity index (χ4v) is 5.15. The van der Waals surface area contributed by atoms with Gasteiger partial charge in [-0.05, 0) is 57.1 Å². The van der Waals surface area contributed by atoms with E-state index >= 15 is 0 Å². The highest BCUT2D eigenvalue weighted by Gasteiger charge is 2.50. The Bertz CT molecular complexity index is 762. The molecule has 1 aromatic heterocycles. The lowest BCUT2D eigenvalue weighted by atomic mass is 9.78. The number of carbonyl (C=O) groups excluding carboxylic acids is 1. The topological polar surface area (TPSA) is 97.2 Å². The number of carbonyl (C=O) groups is 2. The van der Waals surface area contributed by atoms with Crippen LogP contribution in [-0.4, -0.2) is 70.9 Å². The molecule has 29 heavy (non-hydrogen) atoms. The molecule has 2 N–H and O–H groups in total. The van der Waals surface area contributed by atoms with Gasteiger partial charge in [0, 0.05) is 32.7 Å². The number of hydrogen-bond donors (Lipinski definition) is 2. The molecule has 2 aliphatic heterocycles. The average molecular weight is 402 g/mol. The second-order valence-electron chi connectivity index (χ2n) is 8.73. The van der Waals surface area contributed by atoms with E-state index in [-0.39, 0.29) is 23.5 Å². The quantitative estimate of drug-likeness (QED) is 0.805. The van der Waals surface area contributed by atoms with Gasteiger partial charge in [-0.2, -0.15) is 0 Å². The van der Waals surface area contributed by atoms with Crippen LogP contribution in [0, 0.1) is 5.41 Å². The van der Waals surface area contributed by atoms with Crippen molar-refractivity contribution < 1.29 is 19.8 Å². The number of likely N-dealkylation sites (tertiary alicyclic amines) is 1. The van der Waals surface area contributed by atoms with E-state index < -0.39 is 6.09 Å². The van der Waals surface area contributed by atoms with E-state index in [9.17, 15) is 14.7 Å². The Labute approximate surface area is 171 Å². The first-order valence-corrected chi connectivity index (χ1v) is 10.6. The van der Waals surface area contributed by atoms with Crippen molar-refractivity contribution >= 4 is 23.5 Å². The van der Waals surface area contributed by atoms with E-state index in [4.69, 9.17) is 5.11 Å². The number of aliphatic hydroxyl groups is 1. The molecule has 0 unspecified atom stereocenters. The molecule has 4 rings (SSSR count). The number of aliphatic hydroxyl groups excluding tert-OH is 1. The minimum absolute atomic E-state index is 0.211. The summed E-state index contributed by atoms with van der Waals surface area (Å²) >= 11 is 0. The van der Waals surface area contributed by atoms with Crippen molar-refractivity contribution in [1.82, 2.24) is 9.88 Å². The Morgan fingerprint density at radius 1 is 1.21 bits per heavy atom. The highest BCUT2D eigenvalue weighted by atomic mass is 16.4. The number of anilines is 2. The number of rotatable bonds is 3. The van der Waals surface area contributed by atoms with Gasteiger partial charge >= 0.3 is 6.09 Å². The third-order valence-corrected chi connectivity index (χ3v) is 6.96. The van der Waals surface area contributed by atoms with E-state index in [0.29, 0.717) is 12.2 Å². The third-order valence-electron chi connectivity index (χ3n) is 6.96. The van der Waals surface area contributed by atoms with Gasteiger partial charge in [0.1, 0.15) is 5.82 Å². The van der Waals surface area contributed by atoms with Gasteiger partial charge in [-0.3, -0.25) is 9.69 Å². The number of hydrogen-bond acceptors (Lipinski definition) is 5. The molecular weight excluding hydrogens is 372 g/mol. The van der Waals surface area contributed by atoms with Crippen molar-refractivity contribution in [3.8, 4) is 0 Å². The summed E-state index contributed by atoms with van der Waals surface area (Å²) in [6.45, 7) is 2.33. The lowest BCUT2D eigenvalue weighted by Gasteiger charge is -2.41. The van der Waals surface area contributed by atoms with Gasteiger partial charge in [0.2, 0.25) is 5.91 Å². The normalized spacial score (nSPS) is 30.1. The SMILES string of the molecule is CN(C(=O)O)c1ccc(N2CCC[C@]3(CCN([C@H]4CC[C@H](O)CC4)C3=O)C2)nc1. The zero-order chi connectivity index (χ0) is 20.6. The van der Waals surface area contributed by atoms with Crippen LogP contribution in [0.15, 0.2) is 18.3 Å². The molecule has 1 aromatic rings. The van der Waals surface area contributed by atoms with Gasteiger partial charge in [-0.15, -0.1) is 0 Å². The third kappa shape index (κ3) is 3.77. The number of piperidine rings is 1. The van der Waals surface area contributed by atoms with Crippen LogP contribution in [0.5, 0.6) is 0 Å². The standard InChI is InChI=1S/C21H30N4O4/c1-23(20(28)29)16-5-8-18(22-13-16)24-11-2-9-21(14-24)10-12-25(19(21)27)15-3-6-17(26)7-4-15/h5,8,13,15,17,26H,2-4,6-7,9-12,14H2,1H3,(H,28,29)/t15-,17-,21-/m0/s1. The summed E-state index contributed by atoms with van der Waals surface area (Å²) < 4.78 is 0. The van der Waals surface area contributed by atoms with Crippen LogP contribution in [0.2, 0.25) is 0 Å². The zero-order valence-corrected chi connectivity index (χ0v) is 17.0. The Kier molecular flexibility index (Phi) is 5.38. The number of carboxylic acid groups (broad SMARTS) is 1. The molecule has 0 bridgehead atoms. The summed E-state index contributed by atoms with van der Waals surface area (Å²) in [5, 5.41) is 18.9. The molecule has 3 heterocycles. The summed E-state index contributed by atoms with van der Waals surface area (Å²) in [5.41, 5.74) is 0.183. The predicted octanol–water partition coefficient (Wildman–Crippen LogP) is 2.32. The number of amides is 2. The second kappa shape index (κ2) is 7.82. The van der Waals surface area contributed by atoms with Crippen LogP contribution in [0.4, 0.5) is 16.3 Å². The maximum Gasteiger partial charge on any atom is 0.411 e. The summed E-state index contributed by atoms with van der Waals surface area (Å²) in [4.78, 5) is 34.4. The molecular formula is C21H30N4O4. The Balaban J connectivity index is 1.45. The van der Waals surface area contributed by atoms with Gasteiger partial charge < -0.3 is 20.0 Å². The summed E-state index contributed by atoms with van der Waals surface area (Å²) in [5.74, 6) is 1.06. The van der Waals surface area contributed by atoms with Crippen molar-refractivity contribution in [2.75, 3.05) is 36.5 Å². The summed E-state index contributed by atoms with van der Waals surface area (Å²) in [6.07, 6.45) is 6.43. The Hall–Kier alpha value is -2.35. The molecule has 0 radical (unpaired) electrons. The lowest BCUT2D eigenvalue weighted by molar-refractivity contribution is -0.139. The van der Waals surface area contributed by atoms with E-state index in [2.05, 4.69) is 14.8 Å². The Morgan fingerprint density at radius 2 is 1.97 bits per heavy atom. The fourth-order valence-electron chi connectivity index (χ4n) is 5.15. The molecule has 1 spiro atoms. The van der Waals surface area contributed by atoms with E-state index in [1.54, 1.807) is 12.3 Å². The van der Waals surface area contributed by atoms with Gasteiger partial charge in [0.05, 0.1) is 23.4 Å². The minimum Gasteiger partial charge on any atom is -0.465 e. The van der Waals surface area contributed by atoms with Crippen LogP contribution in [0.3, 0.4) is 0 Å². The number of pyridine rings is 1. The van der Waals surface area contributed by atoms with Gasteiger partial charge in [0.25, 0.3) is 0 Å². The first-order chi connectivity index (χ1) is 13.9. The summed E-state index contributed by atoms with van der Waals surface area (Å²) in [6, 6.07) is 3.87. The largest absolute Gasteiger partial charge is 0.465 e. The van der Waals surface area contributed by atoms with Crippen molar-refractivity contribution in [2.24, 2.45) is 5.41 Å². The molecule has 1 atom stereocenters. The average Bonchev–Trinajstić information content (AvgIpc) is 3.04. The first kappa shape index (κ1) is 19.9. The minimum atomic E-state index is -1.02. The molecule has 1 saturated carbocycles. The highest BCUT2D eigenvalue weighted by molar-refractivity contribution is 5.86. The second-order valence-corrected chi connectivity index (χ2v) is 8.73. The number of aromatic nitrogens is 1. The van der Waals surface area contributed by atoms with Crippen LogP contribution in [-0.2, 0) is 4.79 Å². The van der Waals surface area contributed by atoms with E-state index in [1.807, 2.05) is 6.07 Å². The molecule has 3 aliphatic rings. The number of nitrogens with zero attached hydrogens (tertiary/aromatic N) is 4. The first-order valence-electron chi connectivity index (χ1n) is 10.6. The molecule has 8 nitrogen and oxygen atoms in total. The van der Waals surface area contributed by atoms with Crippen molar-refractivity contribution in [2.45, 2.75) is 57.1 Å². The smallest absolute Gasteiger partial charge is 0.411 e. The van der Waals surface area contributed by atoms with E-state index in [1.165, 1.54) is 7.05 Å². The van der Waals surface area contributed by atoms with Gasteiger partial charge in [-0.25, -0.2) is 9.78 Å². The molecule has 2 amide bonds. The maximum absolute atomic E-state index is 13.4. The molecule has 158 valence electrons. The monoisotopic (exact) mass is 402 g/mol. The Morgan fingerprint density at radius 3 is 2.62 bits per heavy atom. The molecule has 0 aromatic carbocycles. The zero-order valence-electron chi connectivity index (χ0n) is 17.0. The molecule has 3 fully saturated rings. The predicted molar refractivity (Wildman–Crippen MR) is 109 cm³/mol. The fraction of sp³-hybridized carbons (Fsp3) is 0.667. The van der Waals surface area contributed by atoms with Crippen molar-refractivity contribution in [1.29, 1.82) is 0 Å². The van der Waals surface area contributed by atoms with Crippen LogP contribution < -0.4 is 9.80 Å². The summed E-state index contributed by atoms with van der Waals surface area (Å²) in [7, 11) is 1.49. The van der Waals surface area contributed by atoms with Gasteiger partial charge in [0.15, 0.2) is 0 Å². The van der Waals surface area contributed by atoms with Crippen molar-refractivity contribution in [3.05, 3.63) is 18.3 Å². The van der Waals surface area contributed by atoms with Crippen LogP contribution in [0.25, 0.3) is 0 Å². The molecule has 8 heteroatoms. The van der Waals surface area contributed by atoms with Crippen LogP contribution in [0.1, 0.15) is 44.9 Å². The molecule has 2 saturated heterocycles.